The Morgan fingerprint density at radius 2 is 0.977 bits per heavy atom. The molecule has 0 N–H and O–H groups in total. The lowest BCUT2D eigenvalue weighted by molar-refractivity contribution is 1.05. The molecule has 0 amide bonds. The Kier molecular flexibility index (Phi) is 6.51. The molecule has 0 aliphatic heterocycles. The topological polar surface area (TPSA) is 0 Å². The summed E-state index contributed by atoms with van der Waals surface area (Å²) in [5, 5.41) is 8.96. The molecule has 7 aromatic rings. The molecule has 0 nitrogen and oxygen atoms in total. The van der Waals surface area contributed by atoms with Gasteiger partial charge >= 0.3 is 0 Å². The lowest BCUT2D eigenvalue weighted by Gasteiger charge is -2.18. The van der Waals surface area contributed by atoms with Crippen molar-refractivity contribution < 1.29 is 0 Å². The minimum Gasteiger partial charge on any atom is -0.105 e. The van der Waals surface area contributed by atoms with Gasteiger partial charge in [-0.1, -0.05) is 140 Å². The van der Waals surface area contributed by atoms with Crippen LogP contribution in [-0.4, -0.2) is 0 Å². The molecule has 0 bridgehead atoms. The van der Waals surface area contributed by atoms with Crippen LogP contribution < -0.4 is 0 Å². The highest BCUT2D eigenvalue weighted by Gasteiger charge is 2.17. The van der Waals surface area contributed by atoms with Crippen LogP contribution in [0, 0.1) is 0 Å². The maximum atomic E-state index is 2.91. The Balaban J connectivity index is 1.28. The van der Waals surface area contributed by atoms with Crippen LogP contribution >= 0.6 is 9.24 Å². The minimum atomic E-state index is 1.09. The van der Waals surface area contributed by atoms with Gasteiger partial charge in [-0.05, 0) is 107 Å². The predicted octanol–water partition coefficient (Wildman–Crippen LogP) is 12.1. The van der Waals surface area contributed by atoms with Crippen LogP contribution in [-0.2, 0) is 0 Å². The third kappa shape index (κ3) is 4.60. The lowest BCUT2D eigenvalue weighted by Crippen LogP contribution is -1.92. The normalized spacial score (nSPS) is 13.3. The highest BCUT2D eigenvalue weighted by molar-refractivity contribution is 7.23. The first kappa shape index (κ1) is 25.9. The monoisotopic (exact) mass is 566 g/mol. The first-order valence-corrected chi connectivity index (χ1v) is 15.6. The molecule has 0 aromatic heterocycles. The first-order valence-electron chi connectivity index (χ1n) is 15.0. The molecular formula is C42H31P. The number of allylic oxidation sites excluding steroid dienone is 4. The first-order chi connectivity index (χ1) is 21.2. The van der Waals surface area contributed by atoms with Gasteiger partial charge < -0.3 is 0 Å². The van der Waals surface area contributed by atoms with E-state index in [0.29, 0.717) is 0 Å². The summed E-state index contributed by atoms with van der Waals surface area (Å²) in [5.41, 5.74) is 10.3. The second-order valence-corrected chi connectivity index (χ2v) is 12.1. The van der Waals surface area contributed by atoms with E-state index in [1.54, 1.807) is 0 Å². The van der Waals surface area contributed by atoms with E-state index in [0.717, 1.165) is 12.8 Å². The van der Waals surface area contributed by atoms with Crippen molar-refractivity contribution in [2.75, 3.05) is 0 Å². The third-order valence-electron chi connectivity index (χ3n) is 8.89. The number of fused-ring (bicyclic) bond motifs is 3. The van der Waals surface area contributed by atoms with E-state index in [-0.39, 0.29) is 0 Å². The smallest absolute Gasteiger partial charge is 0.00262 e. The summed E-state index contributed by atoms with van der Waals surface area (Å²) in [7, 11) is 2.91. The standard InChI is InChI=1S/C42H31P/c43-40-19-8-7-14-35(40)33-13-9-12-32(26-33)29-20-23-30(24-21-29)41-36-15-3-5-17-38(36)42(39-18-6-4-16-37(39)41)34-25-22-28-10-1-2-11-31(28)27-34/h1-6,8-13,15-27H,7,14,43H2. The lowest BCUT2D eigenvalue weighted by atomic mass is 9.85. The van der Waals surface area contributed by atoms with E-state index in [9.17, 15) is 0 Å². The fourth-order valence-corrected chi connectivity index (χ4v) is 7.25. The quantitative estimate of drug-likeness (QED) is 0.147. The average Bonchev–Trinajstić information content (AvgIpc) is 3.07. The Hall–Kier alpha value is -4.77. The van der Waals surface area contributed by atoms with E-state index in [2.05, 4.69) is 161 Å². The molecule has 1 heteroatoms. The molecule has 0 spiro atoms. The summed E-state index contributed by atoms with van der Waals surface area (Å²) in [4.78, 5) is 0. The summed E-state index contributed by atoms with van der Waals surface area (Å²) in [6.45, 7) is 0. The van der Waals surface area contributed by atoms with Gasteiger partial charge in [-0.2, -0.15) is 0 Å². The molecule has 0 radical (unpaired) electrons. The highest BCUT2D eigenvalue weighted by Crippen LogP contribution is 2.44. The molecule has 0 saturated carbocycles. The Bertz CT molecular complexity index is 2170. The van der Waals surface area contributed by atoms with Gasteiger partial charge in [0.15, 0.2) is 0 Å². The van der Waals surface area contributed by atoms with Crippen molar-refractivity contribution in [3.8, 4) is 33.4 Å². The molecule has 0 fully saturated rings. The van der Waals surface area contributed by atoms with Gasteiger partial charge in [0.2, 0.25) is 0 Å². The fourth-order valence-electron chi connectivity index (χ4n) is 6.80. The number of hydrogen-bond acceptors (Lipinski definition) is 0. The van der Waals surface area contributed by atoms with E-state index in [4.69, 9.17) is 0 Å². The molecule has 8 rings (SSSR count). The van der Waals surface area contributed by atoms with Crippen LogP contribution in [0.3, 0.4) is 0 Å². The largest absolute Gasteiger partial charge is 0.105 e. The van der Waals surface area contributed by atoms with Gasteiger partial charge in [0.25, 0.3) is 0 Å². The SMILES string of the molecule is PC1=C(c2cccc(-c3ccc(-c4c5ccccc5c(-c5ccc6ccccc6c5)c5ccccc45)cc3)c2)CCC=C1. The Morgan fingerprint density at radius 3 is 1.65 bits per heavy atom. The molecule has 1 aliphatic carbocycles. The Labute approximate surface area is 255 Å². The van der Waals surface area contributed by atoms with Crippen molar-refractivity contribution in [3.63, 3.8) is 0 Å². The van der Waals surface area contributed by atoms with Crippen LogP contribution in [0.1, 0.15) is 18.4 Å². The molecule has 0 heterocycles. The van der Waals surface area contributed by atoms with Gasteiger partial charge in [0, 0.05) is 0 Å². The molecule has 7 aromatic carbocycles. The molecule has 0 saturated heterocycles. The van der Waals surface area contributed by atoms with E-state index < -0.39 is 0 Å². The van der Waals surface area contributed by atoms with Gasteiger partial charge in [0.1, 0.15) is 0 Å². The van der Waals surface area contributed by atoms with Crippen molar-refractivity contribution in [1.29, 1.82) is 0 Å². The minimum absolute atomic E-state index is 1.09. The molecule has 1 unspecified atom stereocenters. The van der Waals surface area contributed by atoms with Crippen LogP contribution in [0.25, 0.3) is 71.3 Å². The Morgan fingerprint density at radius 1 is 0.419 bits per heavy atom. The second-order valence-electron chi connectivity index (χ2n) is 11.4. The maximum absolute atomic E-state index is 2.91. The molecule has 43 heavy (non-hydrogen) atoms. The van der Waals surface area contributed by atoms with E-state index in [1.165, 1.54) is 82.1 Å². The van der Waals surface area contributed by atoms with Gasteiger partial charge in [-0.3, -0.25) is 0 Å². The summed E-state index contributed by atoms with van der Waals surface area (Å²) in [6, 6.07) is 51.4. The van der Waals surface area contributed by atoms with Crippen LogP contribution in [0.15, 0.2) is 157 Å². The van der Waals surface area contributed by atoms with Gasteiger partial charge in [-0.15, -0.1) is 9.24 Å². The van der Waals surface area contributed by atoms with Crippen molar-refractivity contribution in [2.45, 2.75) is 12.8 Å². The summed E-state index contributed by atoms with van der Waals surface area (Å²) in [5.74, 6) is 0. The van der Waals surface area contributed by atoms with E-state index >= 15 is 0 Å². The molecule has 1 aliphatic rings. The van der Waals surface area contributed by atoms with Crippen molar-refractivity contribution in [3.05, 3.63) is 163 Å². The van der Waals surface area contributed by atoms with Crippen molar-refractivity contribution in [1.82, 2.24) is 0 Å². The van der Waals surface area contributed by atoms with Gasteiger partial charge in [0.05, 0.1) is 0 Å². The van der Waals surface area contributed by atoms with Crippen molar-refractivity contribution in [2.24, 2.45) is 0 Å². The van der Waals surface area contributed by atoms with Crippen LogP contribution in [0.4, 0.5) is 0 Å². The number of rotatable bonds is 4. The fraction of sp³-hybridized carbons (Fsp3) is 0.0476. The number of benzene rings is 7. The van der Waals surface area contributed by atoms with Crippen molar-refractivity contribution >= 4 is 47.1 Å². The summed E-state index contributed by atoms with van der Waals surface area (Å²) in [6.07, 6.45) is 6.68. The summed E-state index contributed by atoms with van der Waals surface area (Å²) >= 11 is 0. The zero-order valence-electron chi connectivity index (χ0n) is 23.9. The van der Waals surface area contributed by atoms with Gasteiger partial charge in [-0.25, -0.2) is 0 Å². The third-order valence-corrected chi connectivity index (χ3v) is 9.44. The average molecular weight is 567 g/mol. The molecule has 1 atom stereocenters. The number of hydrogen-bond donors (Lipinski definition) is 0. The highest BCUT2D eigenvalue weighted by atomic mass is 31.0. The molecular weight excluding hydrogens is 535 g/mol. The van der Waals surface area contributed by atoms with Crippen LogP contribution in [0.5, 0.6) is 0 Å². The zero-order chi connectivity index (χ0) is 28.8. The second kappa shape index (κ2) is 10.8. The van der Waals surface area contributed by atoms with E-state index in [1.807, 2.05) is 0 Å². The van der Waals surface area contributed by atoms with Crippen LogP contribution in [0.2, 0.25) is 0 Å². The maximum Gasteiger partial charge on any atom is -0.00262 e. The molecule has 204 valence electrons. The zero-order valence-corrected chi connectivity index (χ0v) is 25.1. The summed E-state index contributed by atoms with van der Waals surface area (Å²) < 4.78 is 0. The predicted molar refractivity (Wildman–Crippen MR) is 190 cm³/mol.